The summed E-state index contributed by atoms with van der Waals surface area (Å²) in [7, 11) is 0.747. The maximum atomic E-state index is 15.7. The van der Waals surface area contributed by atoms with Crippen LogP contribution in [0.25, 0.3) is 0 Å². The third kappa shape index (κ3) is 3.09. The van der Waals surface area contributed by atoms with Crippen molar-refractivity contribution < 1.29 is 23.2 Å². The van der Waals surface area contributed by atoms with E-state index in [1.54, 1.807) is 0 Å². The van der Waals surface area contributed by atoms with Crippen LogP contribution >= 0.6 is 0 Å². The highest BCUT2D eigenvalue weighted by Gasteiger charge is 2.73. The molecule has 1 saturated heterocycles. The number of methoxy groups -OCH3 is 1. The van der Waals surface area contributed by atoms with Gasteiger partial charge in [0.1, 0.15) is 0 Å². The Balaban J connectivity index is 1.61. The summed E-state index contributed by atoms with van der Waals surface area (Å²) < 4.78 is 32.6. The molecule has 1 aliphatic heterocycles. The van der Waals surface area contributed by atoms with Gasteiger partial charge in [-0.2, -0.15) is 0 Å². The number of esters is 1. The Bertz CT molecular complexity index is 896. The average molecular weight is 396 g/mol. The highest BCUT2D eigenvalue weighted by molar-refractivity contribution is 6.62. The maximum Gasteiger partial charge on any atom is 0.494 e. The molecule has 2 fully saturated rings. The van der Waals surface area contributed by atoms with E-state index in [9.17, 15) is 4.79 Å². The first-order valence-electron chi connectivity index (χ1n) is 9.89. The fourth-order valence-electron chi connectivity index (χ4n) is 4.14. The lowest BCUT2D eigenvalue weighted by molar-refractivity contribution is -0.148. The monoisotopic (exact) mass is 396 g/mol. The fourth-order valence-corrected chi connectivity index (χ4v) is 4.14. The van der Waals surface area contributed by atoms with Gasteiger partial charge in [0.2, 0.25) is 5.67 Å². The van der Waals surface area contributed by atoms with Crippen LogP contribution in [0.3, 0.4) is 0 Å². The molecule has 1 saturated carbocycles. The standard InChI is InChI=1S/C23H26BFO4/c1-21(2)22(3,4)29-24(28-21)17-13-11-16(12-14-17)19-18(15-9-7-6-8-10-15)23(19,25)20(26)27-5/h6-14,18-19H,1-5H3/t18-,19+,23+/m0/s1. The third-order valence-electron chi connectivity index (χ3n) is 6.61. The number of halogens is 1. The molecule has 4 nitrogen and oxygen atoms in total. The molecule has 2 aromatic carbocycles. The Labute approximate surface area is 171 Å². The van der Waals surface area contributed by atoms with Crippen molar-refractivity contribution in [2.75, 3.05) is 7.11 Å². The van der Waals surface area contributed by atoms with Crippen LogP contribution in [0.4, 0.5) is 4.39 Å². The van der Waals surface area contributed by atoms with E-state index in [1.807, 2.05) is 82.3 Å². The summed E-state index contributed by atoms with van der Waals surface area (Å²) >= 11 is 0. The van der Waals surface area contributed by atoms with Crippen molar-refractivity contribution in [3.8, 4) is 0 Å². The van der Waals surface area contributed by atoms with E-state index < -0.39 is 41.8 Å². The van der Waals surface area contributed by atoms with Crippen LogP contribution in [0.5, 0.6) is 0 Å². The number of alkyl halides is 1. The first-order chi connectivity index (χ1) is 13.6. The Morgan fingerprint density at radius 2 is 1.38 bits per heavy atom. The smallest absolute Gasteiger partial charge is 0.467 e. The molecular formula is C23H26BFO4. The lowest BCUT2D eigenvalue weighted by Crippen LogP contribution is -2.41. The van der Waals surface area contributed by atoms with E-state index in [0.29, 0.717) is 0 Å². The molecular weight excluding hydrogens is 370 g/mol. The predicted molar refractivity (Wildman–Crippen MR) is 110 cm³/mol. The molecule has 29 heavy (non-hydrogen) atoms. The van der Waals surface area contributed by atoms with Crippen LogP contribution in [0.1, 0.15) is 50.7 Å². The summed E-state index contributed by atoms with van der Waals surface area (Å²) in [4.78, 5) is 12.2. The Hall–Kier alpha value is -2.18. The Morgan fingerprint density at radius 1 is 0.897 bits per heavy atom. The normalized spacial score (nSPS) is 29.5. The van der Waals surface area contributed by atoms with Crippen LogP contribution in [-0.4, -0.2) is 37.1 Å². The number of carbonyl (C=O) groups is 1. The van der Waals surface area contributed by atoms with Crippen molar-refractivity contribution in [1.29, 1.82) is 0 Å². The van der Waals surface area contributed by atoms with Crippen molar-refractivity contribution in [1.82, 2.24) is 0 Å². The van der Waals surface area contributed by atoms with E-state index in [-0.39, 0.29) is 0 Å². The summed E-state index contributed by atoms with van der Waals surface area (Å²) in [5.74, 6) is -1.96. The largest absolute Gasteiger partial charge is 0.494 e. The molecule has 4 rings (SSSR count). The zero-order chi connectivity index (χ0) is 21.0. The molecule has 2 aromatic rings. The number of hydrogen-bond donors (Lipinski definition) is 0. The quantitative estimate of drug-likeness (QED) is 0.584. The molecule has 3 atom stereocenters. The second-order valence-electron chi connectivity index (χ2n) is 8.88. The number of carbonyl (C=O) groups excluding carboxylic acids is 1. The zero-order valence-corrected chi connectivity index (χ0v) is 17.4. The molecule has 0 spiro atoms. The van der Waals surface area contributed by atoms with Gasteiger partial charge >= 0.3 is 13.1 Å². The second-order valence-corrected chi connectivity index (χ2v) is 8.88. The number of benzene rings is 2. The lowest BCUT2D eigenvalue weighted by Gasteiger charge is -2.32. The molecule has 0 radical (unpaired) electrons. The van der Waals surface area contributed by atoms with Crippen molar-refractivity contribution in [2.45, 2.75) is 56.4 Å². The van der Waals surface area contributed by atoms with Gasteiger partial charge in [-0.25, -0.2) is 9.18 Å². The number of hydrogen-bond acceptors (Lipinski definition) is 4. The van der Waals surface area contributed by atoms with Gasteiger partial charge in [0.05, 0.1) is 18.3 Å². The third-order valence-corrected chi connectivity index (χ3v) is 6.61. The van der Waals surface area contributed by atoms with E-state index in [4.69, 9.17) is 14.0 Å². The van der Waals surface area contributed by atoms with Crippen LogP contribution in [0, 0.1) is 0 Å². The molecule has 6 heteroatoms. The van der Waals surface area contributed by atoms with Crippen LogP contribution in [0.15, 0.2) is 54.6 Å². The van der Waals surface area contributed by atoms with Crippen LogP contribution in [0.2, 0.25) is 0 Å². The lowest BCUT2D eigenvalue weighted by atomic mass is 9.78. The number of rotatable bonds is 4. The van der Waals surface area contributed by atoms with Crippen molar-refractivity contribution in [2.24, 2.45) is 0 Å². The first-order valence-corrected chi connectivity index (χ1v) is 9.89. The molecule has 0 bridgehead atoms. The summed E-state index contributed by atoms with van der Waals surface area (Å²) in [5, 5.41) is 0. The van der Waals surface area contributed by atoms with Crippen LogP contribution < -0.4 is 5.46 Å². The Kier molecular flexibility index (Phi) is 4.63. The summed E-state index contributed by atoms with van der Waals surface area (Å²) in [6, 6.07) is 16.7. The maximum absolute atomic E-state index is 15.7. The van der Waals surface area contributed by atoms with Gasteiger partial charge in [-0.15, -0.1) is 0 Å². The molecule has 2 aliphatic rings. The van der Waals surface area contributed by atoms with Gasteiger partial charge in [-0.3, -0.25) is 0 Å². The van der Waals surface area contributed by atoms with Crippen molar-refractivity contribution in [3.05, 3.63) is 65.7 Å². The molecule has 0 unspecified atom stereocenters. The highest BCUT2D eigenvalue weighted by Crippen LogP contribution is 2.66. The number of ether oxygens (including phenoxy) is 1. The summed E-state index contributed by atoms with van der Waals surface area (Å²) in [6.45, 7) is 8.02. The zero-order valence-electron chi connectivity index (χ0n) is 17.4. The topological polar surface area (TPSA) is 44.8 Å². The molecule has 152 valence electrons. The molecule has 0 aromatic heterocycles. The van der Waals surface area contributed by atoms with Crippen molar-refractivity contribution in [3.63, 3.8) is 0 Å². The predicted octanol–water partition coefficient (Wildman–Crippen LogP) is 3.75. The van der Waals surface area contributed by atoms with Gasteiger partial charge in [-0.1, -0.05) is 54.6 Å². The van der Waals surface area contributed by atoms with Crippen molar-refractivity contribution >= 4 is 18.6 Å². The molecule has 0 amide bonds. The van der Waals surface area contributed by atoms with E-state index >= 15 is 4.39 Å². The van der Waals surface area contributed by atoms with Gasteiger partial charge in [-0.05, 0) is 44.3 Å². The van der Waals surface area contributed by atoms with Gasteiger partial charge in [0.25, 0.3) is 0 Å². The van der Waals surface area contributed by atoms with E-state index in [0.717, 1.165) is 16.6 Å². The second kappa shape index (κ2) is 6.68. The van der Waals surface area contributed by atoms with E-state index in [2.05, 4.69) is 0 Å². The van der Waals surface area contributed by atoms with Gasteiger partial charge in [0.15, 0.2) is 0 Å². The molecule has 1 heterocycles. The SMILES string of the molecule is COC(=O)[C@]1(F)[C@H](c2ccc(B3OC(C)(C)C(C)(C)O3)cc2)[C@@H]1c1ccccc1. The molecule has 1 aliphatic carbocycles. The minimum atomic E-state index is -2.05. The average Bonchev–Trinajstić information content (AvgIpc) is 3.26. The van der Waals surface area contributed by atoms with Crippen LogP contribution in [-0.2, 0) is 18.8 Å². The highest BCUT2D eigenvalue weighted by atomic mass is 19.1. The summed E-state index contributed by atoms with van der Waals surface area (Å²) in [6.07, 6.45) is 0. The summed E-state index contributed by atoms with van der Waals surface area (Å²) in [5.41, 5.74) is -0.490. The molecule has 0 N–H and O–H groups in total. The minimum absolute atomic E-state index is 0.426. The first kappa shape index (κ1) is 20.1. The van der Waals surface area contributed by atoms with E-state index in [1.165, 1.54) is 7.11 Å². The van der Waals surface area contributed by atoms with Gasteiger partial charge < -0.3 is 14.0 Å². The fraction of sp³-hybridized carbons (Fsp3) is 0.435. The minimum Gasteiger partial charge on any atom is -0.467 e. The van der Waals surface area contributed by atoms with Gasteiger partial charge in [0, 0.05) is 11.8 Å². The Morgan fingerprint density at radius 3 is 1.86 bits per heavy atom.